The molecule has 3 aliphatic rings. The van der Waals surface area contributed by atoms with Gasteiger partial charge in [0.1, 0.15) is 47.1 Å². The normalized spacial score (nSPS) is 24.6. The number of Topliss-reactive ketones (excluding diaryl/α,β-unsaturated/α-hetero) is 1. The van der Waals surface area contributed by atoms with Crippen molar-refractivity contribution < 1.29 is 68.2 Å². The van der Waals surface area contributed by atoms with E-state index in [9.17, 15) is 54.0 Å². The molecule has 2 aliphatic carbocycles. The van der Waals surface area contributed by atoms with Crippen molar-refractivity contribution in [2.75, 3.05) is 7.11 Å². The topological polar surface area (TPSA) is 302 Å². The van der Waals surface area contributed by atoms with E-state index in [1.54, 1.807) is 0 Å². The molecular formula is C45H61N5O14. The fourth-order valence-electron chi connectivity index (χ4n) is 8.44. The van der Waals surface area contributed by atoms with Crippen LogP contribution in [0.3, 0.4) is 0 Å². The van der Waals surface area contributed by atoms with Crippen molar-refractivity contribution in [3.05, 3.63) is 51.6 Å². The number of aromatic hydroxyl groups is 2. The SMILES string of the molecule is COc1cccc2c1C(=O)c1c(O)c3c(c(O)c1C2=O)CC(O)(C(C)=O)C[C@H]3O[C@H]1CC(NC(=O)[C@H](CC(C)C)NC(=O)[C@H](C)NC(=O)[C@H](CC(C)C)NC(=O)[C@H](C)N)[C@H](O)C(C)O1. The molecule has 2 aromatic rings. The number of ketones is 3. The first-order valence-electron chi connectivity index (χ1n) is 21.5. The van der Waals surface area contributed by atoms with E-state index in [0.717, 1.165) is 6.92 Å². The van der Waals surface area contributed by atoms with E-state index in [4.69, 9.17) is 19.9 Å². The highest BCUT2D eigenvalue weighted by Gasteiger charge is 2.50. The van der Waals surface area contributed by atoms with E-state index in [-0.39, 0.29) is 59.1 Å². The average Bonchev–Trinajstić information content (AvgIpc) is 3.21. The molecule has 10 atom stereocenters. The molecule has 1 fully saturated rings. The van der Waals surface area contributed by atoms with E-state index in [0.29, 0.717) is 0 Å². The summed E-state index contributed by atoms with van der Waals surface area (Å²) >= 11 is 0. The van der Waals surface area contributed by atoms with E-state index in [1.165, 1.54) is 46.1 Å². The summed E-state index contributed by atoms with van der Waals surface area (Å²) in [6.45, 7) is 12.9. The number of aliphatic hydroxyl groups excluding tert-OH is 1. The molecule has 0 saturated carbocycles. The van der Waals surface area contributed by atoms with Crippen molar-refractivity contribution in [3.8, 4) is 17.2 Å². The summed E-state index contributed by atoms with van der Waals surface area (Å²) in [5.74, 6) is -6.35. The van der Waals surface area contributed by atoms with Gasteiger partial charge in [0.15, 0.2) is 17.9 Å². The number of hydrogen-bond acceptors (Lipinski definition) is 15. The number of carbonyl (C=O) groups is 7. The number of phenolic OH excluding ortho intramolecular Hbond substituents is 2. The predicted molar refractivity (Wildman–Crippen MR) is 228 cm³/mol. The Bertz CT molecular complexity index is 2190. The second-order valence-electron chi connectivity index (χ2n) is 18.0. The standard InChI is InChI=1S/C45H61N5O14/c1-18(2)13-27(49-41(57)20(5)46)43(59)47-21(6)42(58)50-28(14-19(3)4)44(60)48-26-15-31(63-22(7)36(26)52)64-30-17-45(61,23(8)51)16-25-33(30)40(56)35-34(38(25)54)37(53)24-11-10-12-29(62-9)32(24)39(35)55/h10-12,18-22,26-28,30-31,36,52,54,56,61H,13-17,46H2,1-9H3,(H,47,59)(H,48,60)(H,49,57)(H,50,58)/t20-,21-,22?,26?,27-,28-,30+,31-,36+,45?/m0/s1. The van der Waals surface area contributed by atoms with Gasteiger partial charge in [-0.1, -0.05) is 39.8 Å². The van der Waals surface area contributed by atoms with Gasteiger partial charge >= 0.3 is 0 Å². The van der Waals surface area contributed by atoms with E-state index in [1.807, 2.05) is 27.7 Å². The Morgan fingerprint density at radius 1 is 0.859 bits per heavy atom. The Kier molecular flexibility index (Phi) is 15.3. The maximum absolute atomic E-state index is 14.0. The molecular weight excluding hydrogens is 835 g/mol. The lowest BCUT2D eigenvalue weighted by Crippen LogP contribution is -2.60. The van der Waals surface area contributed by atoms with E-state index in [2.05, 4.69) is 21.3 Å². The molecule has 1 saturated heterocycles. The van der Waals surface area contributed by atoms with Crippen LogP contribution in [0.1, 0.15) is 130 Å². The highest BCUT2D eigenvalue weighted by molar-refractivity contribution is 6.31. The monoisotopic (exact) mass is 895 g/mol. The summed E-state index contributed by atoms with van der Waals surface area (Å²) in [6.07, 6.45) is -5.89. The number of nitrogens with one attached hydrogen (secondary N) is 4. The van der Waals surface area contributed by atoms with Crippen molar-refractivity contribution in [1.29, 1.82) is 0 Å². The lowest BCUT2D eigenvalue weighted by molar-refractivity contribution is -0.249. The quantitative estimate of drug-likeness (QED) is 0.0910. The lowest BCUT2D eigenvalue weighted by atomic mass is 9.72. The number of amides is 4. The highest BCUT2D eigenvalue weighted by atomic mass is 16.7. The molecule has 5 rings (SSSR count). The second kappa shape index (κ2) is 19.7. The van der Waals surface area contributed by atoms with Crippen LogP contribution in [0.4, 0.5) is 0 Å². The van der Waals surface area contributed by atoms with Crippen LogP contribution in [0.2, 0.25) is 0 Å². The van der Waals surface area contributed by atoms with Gasteiger partial charge in [-0.2, -0.15) is 0 Å². The maximum atomic E-state index is 14.0. The Morgan fingerprint density at radius 2 is 1.45 bits per heavy atom. The number of carbonyl (C=O) groups excluding carboxylic acids is 7. The van der Waals surface area contributed by atoms with E-state index >= 15 is 0 Å². The van der Waals surface area contributed by atoms with Crippen LogP contribution in [-0.2, 0) is 39.9 Å². The van der Waals surface area contributed by atoms with Crippen molar-refractivity contribution in [2.24, 2.45) is 17.6 Å². The first-order valence-corrected chi connectivity index (χ1v) is 21.5. The number of benzene rings is 2. The minimum absolute atomic E-state index is 0.00939. The van der Waals surface area contributed by atoms with Gasteiger partial charge < -0.3 is 61.6 Å². The number of ether oxygens (including phenoxy) is 3. The lowest BCUT2D eigenvalue weighted by Gasteiger charge is -2.43. The molecule has 2 aromatic carbocycles. The predicted octanol–water partition coefficient (Wildman–Crippen LogP) is 1.10. The zero-order valence-corrected chi connectivity index (χ0v) is 37.6. The van der Waals surface area contributed by atoms with Gasteiger partial charge in [-0.15, -0.1) is 0 Å². The third-order valence-corrected chi connectivity index (χ3v) is 11.9. The molecule has 0 bridgehead atoms. The summed E-state index contributed by atoms with van der Waals surface area (Å²) < 4.78 is 17.7. The Morgan fingerprint density at radius 3 is 2.03 bits per heavy atom. The average molecular weight is 896 g/mol. The number of methoxy groups -OCH3 is 1. The molecule has 1 heterocycles. The molecule has 3 unspecified atom stereocenters. The molecule has 0 radical (unpaired) electrons. The van der Waals surface area contributed by atoms with Crippen molar-refractivity contribution in [1.82, 2.24) is 21.3 Å². The second-order valence-corrected chi connectivity index (χ2v) is 18.0. The summed E-state index contributed by atoms with van der Waals surface area (Å²) in [5, 5.41) is 57.1. The number of fused-ring (bicyclic) bond motifs is 3. The minimum atomic E-state index is -2.17. The van der Waals surface area contributed by atoms with Crippen LogP contribution in [0.25, 0.3) is 0 Å². The van der Waals surface area contributed by atoms with Gasteiger partial charge in [-0.3, -0.25) is 33.6 Å². The van der Waals surface area contributed by atoms with E-state index < -0.39 is 137 Å². The first kappa shape index (κ1) is 49.5. The first-order chi connectivity index (χ1) is 29.9. The summed E-state index contributed by atoms with van der Waals surface area (Å²) in [4.78, 5) is 93.8. The minimum Gasteiger partial charge on any atom is -0.507 e. The number of aliphatic hydroxyl groups is 2. The van der Waals surface area contributed by atoms with Crippen LogP contribution in [-0.4, -0.2) is 123 Å². The van der Waals surface area contributed by atoms with Crippen molar-refractivity contribution in [3.63, 3.8) is 0 Å². The van der Waals surface area contributed by atoms with Gasteiger partial charge in [0, 0.05) is 36.0 Å². The molecule has 350 valence electrons. The molecule has 4 amide bonds. The van der Waals surface area contributed by atoms with Crippen LogP contribution in [0.15, 0.2) is 18.2 Å². The Labute approximate surface area is 371 Å². The molecule has 19 nitrogen and oxygen atoms in total. The van der Waals surface area contributed by atoms with Gasteiger partial charge in [0.25, 0.3) is 0 Å². The number of nitrogens with two attached hydrogens (primary N) is 1. The number of hydrogen-bond donors (Lipinski definition) is 9. The summed E-state index contributed by atoms with van der Waals surface area (Å²) in [5.41, 5.74) is 1.90. The Balaban J connectivity index is 1.38. The largest absolute Gasteiger partial charge is 0.507 e. The van der Waals surface area contributed by atoms with Crippen molar-refractivity contribution >= 4 is 41.0 Å². The summed E-state index contributed by atoms with van der Waals surface area (Å²) in [7, 11) is 1.31. The van der Waals surface area contributed by atoms with Crippen LogP contribution >= 0.6 is 0 Å². The fraction of sp³-hybridized carbons (Fsp3) is 0.578. The highest BCUT2D eigenvalue weighted by Crippen LogP contribution is 2.52. The van der Waals surface area contributed by atoms with Crippen LogP contribution in [0.5, 0.6) is 17.2 Å². The molecule has 0 aromatic heterocycles. The van der Waals surface area contributed by atoms with Gasteiger partial charge in [-0.05, 0) is 58.4 Å². The van der Waals surface area contributed by atoms with Crippen molar-refractivity contribution in [2.45, 2.75) is 148 Å². The van der Waals surface area contributed by atoms with Gasteiger partial charge in [-0.25, -0.2) is 0 Å². The van der Waals surface area contributed by atoms with Gasteiger partial charge in [0.05, 0.1) is 48.1 Å². The molecule has 64 heavy (non-hydrogen) atoms. The zero-order chi connectivity index (χ0) is 47.7. The summed E-state index contributed by atoms with van der Waals surface area (Å²) in [6, 6.07) is -0.868. The maximum Gasteiger partial charge on any atom is 0.243 e. The van der Waals surface area contributed by atoms with Crippen LogP contribution in [0, 0.1) is 11.8 Å². The Hall–Kier alpha value is -5.47. The zero-order valence-electron chi connectivity index (χ0n) is 37.6. The molecule has 19 heteroatoms. The third kappa shape index (κ3) is 10.2. The fourth-order valence-corrected chi connectivity index (χ4v) is 8.44. The number of rotatable bonds is 16. The molecule has 0 spiro atoms. The number of phenols is 2. The molecule has 1 aliphatic heterocycles. The van der Waals surface area contributed by atoms with Gasteiger partial charge in [0.2, 0.25) is 29.4 Å². The third-order valence-electron chi connectivity index (χ3n) is 11.9. The smallest absolute Gasteiger partial charge is 0.243 e. The van der Waals surface area contributed by atoms with Crippen LogP contribution < -0.4 is 31.7 Å². The molecule has 10 N–H and O–H groups in total.